The molecule has 3 rings (SSSR count). The highest BCUT2D eigenvalue weighted by Crippen LogP contribution is 2.20. The number of rotatable bonds is 11. The molecule has 0 spiro atoms. The molecule has 6 N–H and O–H groups in total. The zero-order chi connectivity index (χ0) is 25.4. The quantitative estimate of drug-likeness (QED) is 0.171. The number of hydrogen-bond donors (Lipinski definition) is 4. The molecule has 35 heavy (non-hydrogen) atoms. The average molecular weight is 484 g/mol. The number of guanidine groups is 1. The maximum absolute atomic E-state index is 12.2. The van der Waals surface area contributed by atoms with Gasteiger partial charge in [-0.2, -0.15) is 0 Å². The minimum atomic E-state index is -1.16. The van der Waals surface area contributed by atoms with E-state index in [0.717, 1.165) is 16.9 Å². The maximum Gasteiger partial charge on any atom is 0.408 e. The van der Waals surface area contributed by atoms with Crippen LogP contribution in [0.2, 0.25) is 0 Å². The number of imidazole rings is 1. The van der Waals surface area contributed by atoms with Crippen molar-refractivity contribution >= 4 is 35.0 Å². The van der Waals surface area contributed by atoms with E-state index in [1.165, 1.54) is 6.33 Å². The van der Waals surface area contributed by atoms with Gasteiger partial charge in [0.1, 0.15) is 19.0 Å². The molecule has 186 valence electrons. The molecule has 1 amide bonds. The lowest BCUT2D eigenvalue weighted by Gasteiger charge is -2.14. The summed E-state index contributed by atoms with van der Waals surface area (Å²) in [5, 5.41) is 11.7. The standard InChI is InChI=1S/C22H29N9O4/c1-30(2)18-17-19(27-12-26-18)31(13-28-17)10-14-5-3-6-15(9-14)11-35-22(34)29-16(20(32)33)7-4-8-25-21(23)24/h3,5-6,9,12-13,16H,4,7-8,10-11H2,1-2H3,(H,29,34)(H,32,33)(H4,23,24,25). The first-order valence-electron chi connectivity index (χ1n) is 10.9. The minimum Gasteiger partial charge on any atom is -0.480 e. The topological polar surface area (TPSA) is 187 Å². The van der Waals surface area contributed by atoms with Gasteiger partial charge in [0.15, 0.2) is 22.9 Å². The van der Waals surface area contributed by atoms with E-state index < -0.39 is 18.1 Å². The summed E-state index contributed by atoms with van der Waals surface area (Å²) in [5.74, 6) is -0.500. The predicted octanol–water partition coefficient (Wildman–Crippen LogP) is 0.674. The zero-order valence-corrected chi connectivity index (χ0v) is 19.6. The summed E-state index contributed by atoms with van der Waals surface area (Å²) >= 11 is 0. The summed E-state index contributed by atoms with van der Waals surface area (Å²) in [6.45, 7) is 0.763. The number of carboxylic acid groups (broad SMARTS) is 1. The van der Waals surface area contributed by atoms with Crippen molar-refractivity contribution in [3.63, 3.8) is 0 Å². The van der Waals surface area contributed by atoms with Crippen LogP contribution < -0.4 is 21.7 Å². The number of hydrogen-bond acceptors (Lipinski definition) is 8. The third-order valence-electron chi connectivity index (χ3n) is 5.06. The van der Waals surface area contributed by atoms with Gasteiger partial charge in [-0.3, -0.25) is 4.99 Å². The van der Waals surface area contributed by atoms with E-state index in [0.29, 0.717) is 24.1 Å². The lowest BCUT2D eigenvalue weighted by atomic mass is 10.1. The molecule has 0 fully saturated rings. The number of alkyl carbamates (subject to hydrolysis) is 1. The number of carbonyl (C=O) groups is 2. The van der Waals surface area contributed by atoms with Crippen LogP contribution in [0.1, 0.15) is 24.0 Å². The Morgan fingerprint density at radius 1 is 1.23 bits per heavy atom. The molecule has 0 radical (unpaired) electrons. The van der Waals surface area contributed by atoms with Crippen molar-refractivity contribution in [1.29, 1.82) is 0 Å². The van der Waals surface area contributed by atoms with E-state index in [1.807, 2.05) is 47.8 Å². The minimum absolute atomic E-state index is 0.0162. The second kappa shape index (κ2) is 11.6. The largest absolute Gasteiger partial charge is 0.480 e. The fourth-order valence-corrected chi connectivity index (χ4v) is 3.42. The fraction of sp³-hybridized carbons (Fsp3) is 0.364. The lowest BCUT2D eigenvalue weighted by molar-refractivity contribution is -0.139. The van der Waals surface area contributed by atoms with Gasteiger partial charge in [-0.25, -0.2) is 24.5 Å². The highest BCUT2D eigenvalue weighted by Gasteiger charge is 2.20. The summed E-state index contributed by atoms with van der Waals surface area (Å²) in [5.41, 5.74) is 13.6. The highest BCUT2D eigenvalue weighted by atomic mass is 16.5. The van der Waals surface area contributed by atoms with Crippen LogP contribution in [0.15, 0.2) is 41.9 Å². The Morgan fingerprint density at radius 2 is 2.00 bits per heavy atom. The predicted molar refractivity (Wildman–Crippen MR) is 130 cm³/mol. The molecule has 0 saturated heterocycles. The first-order chi connectivity index (χ1) is 16.7. The van der Waals surface area contributed by atoms with Crippen molar-refractivity contribution in [2.24, 2.45) is 16.5 Å². The third kappa shape index (κ3) is 7.03. The van der Waals surface area contributed by atoms with Gasteiger partial charge in [-0.15, -0.1) is 0 Å². The number of carboxylic acids is 1. The number of nitrogens with two attached hydrogens (primary N) is 2. The smallest absolute Gasteiger partial charge is 0.408 e. The summed E-state index contributed by atoms with van der Waals surface area (Å²) in [6.07, 6.45) is 2.94. The number of benzene rings is 1. The van der Waals surface area contributed by atoms with Crippen molar-refractivity contribution in [3.05, 3.63) is 48.0 Å². The second-order valence-corrected chi connectivity index (χ2v) is 8.02. The van der Waals surface area contributed by atoms with Gasteiger partial charge in [-0.1, -0.05) is 24.3 Å². The molecule has 13 heteroatoms. The summed E-state index contributed by atoms with van der Waals surface area (Å²) in [6, 6.07) is 6.41. The number of nitrogens with zero attached hydrogens (tertiary/aromatic N) is 6. The number of fused-ring (bicyclic) bond motifs is 1. The van der Waals surface area contributed by atoms with Crippen molar-refractivity contribution in [2.45, 2.75) is 32.0 Å². The van der Waals surface area contributed by atoms with Crippen molar-refractivity contribution in [1.82, 2.24) is 24.8 Å². The molecule has 0 saturated carbocycles. The van der Waals surface area contributed by atoms with E-state index >= 15 is 0 Å². The van der Waals surface area contributed by atoms with Crippen LogP contribution in [0.25, 0.3) is 11.2 Å². The zero-order valence-electron chi connectivity index (χ0n) is 19.6. The molecular weight excluding hydrogens is 454 g/mol. The Bertz CT molecular complexity index is 1200. The Morgan fingerprint density at radius 3 is 2.71 bits per heavy atom. The number of aromatic nitrogens is 4. The van der Waals surface area contributed by atoms with Crippen LogP contribution in [0.4, 0.5) is 10.6 Å². The third-order valence-corrected chi connectivity index (χ3v) is 5.06. The van der Waals surface area contributed by atoms with Crippen LogP contribution in [0.5, 0.6) is 0 Å². The number of nitrogens with one attached hydrogen (secondary N) is 1. The van der Waals surface area contributed by atoms with E-state index in [9.17, 15) is 14.7 Å². The first-order valence-corrected chi connectivity index (χ1v) is 10.9. The number of aliphatic imine (C=N–C) groups is 1. The molecule has 3 aromatic rings. The number of ether oxygens (including phenoxy) is 1. The van der Waals surface area contributed by atoms with Gasteiger partial charge in [0.2, 0.25) is 0 Å². The molecular formula is C22H29N9O4. The summed E-state index contributed by atoms with van der Waals surface area (Å²) in [4.78, 5) is 42.3. The average Bonchev–Trinajstić information content (AvgIpc) is 3.22. The van der Waals surface area contributed by atoms with Gasteiger partial charge in [0.25, 0.3) is 0 Å². The highest BCUT2D eigenvalue weighted by molar-refractivity contribution is 5.83. The van der Waals surface area contributed by atoms with Crippen molar-refractivity contribution in [3.8, 4) is 0 Å². The van der Waals surface area contributed by atoms with Crippen molar-refractivity contribution < 1.29 is 19.4 Å². The molecule has 1 unspecified atom stereocenters. The monoisotopic (exact) mass is 483 g/mol. The van der Waals surface area contributed by atoms with Crippen LogP contribution in [0.3, 0.4) is 0 Å². The normalized spacial score (nSPS) is 11.6. The Kier molecular flexibility index (Phi) is 8.38. The Balaban J connectivity index is 1.58. The summed E-state index contributed by atoms with van der Waals surface area (Å²) in [7, 11) is 3.79. The van der Waals surface area contributed by atoms with Gasteiger partial charge >= 0.3 is 12.1 Å². The molecule has 0 aliphatic rings. The van der Waals surface area contributed by atoms with E-state index in [1.54, 1.807) is 6.33 Å². The Labute approximate surface area is 201 Å². The molecule has 1 atom stereocenters. The fourth-order valence-electron chi connectivity index (χ4n) is 3.42. The molecule has 2 heterocycles. The molecule has 13 nitrogen and oxygen atoms in total. The first kappa shape index (κ1) is 25.2. The SMILES string of the molecule is CN(C)c1ncnc2c1ncn2Cc1cccc(COC(=O)NC(CCCN=C(N)N)C(=O)O)c1. The number of aliphatic carboxylic acids is 1. The number of anilines is 1. The molecule has 2 aromatic heterocycles. The van der Waals surface area contributed by atoms with Crippen molar-refractivity contribution in [2.75, 3.05) is 25.5 Å². The van der Waals surface area contributed by atoms with E-state index in [4.69, 9.17) is 16.2 Å². The summed E-state index contributed by atoms with van der Waals surface area (Å²) < 4.78 is 7.14. The van der Waals surface area contributed by atoms with Crippen LogP contribution in [-0.4, -0.2) is 69.3 Å². The maximum atomic E-state index is 12.2. The van der Waals surface area contributed by atoms with Gasteiger partial charge in [0, 0.05) is 20.6 Å². The number of amides is 1. The molecule has 0 aliphatic heterocycles. The molecule has 0 aliphatic carbocycles. The molecule has 0 bridgehead atoms. The van der Waals surface area contributed by atoms with Crippen LogP contribution in [-0.2, 0) is 22.7 Å². The van der Waals surface area contributed by atoms with E-state index in [-0.39, 0.29) is 25.5 Å². The lowest BCUT2D eigenvalue weighted by Crippen LogP contribution is -2.41. The van der Waals surface area contributed by atoms with Gasteiger partial charge in [-0.05, 0) is 24.0 Å². The van der Waals surface area contributed by atoms with Gasteiger partial charge < -0.3 is 36.1 Å². The van der Waals surface area contributed by atoms with Crippen LogP contribution in [0, 0.1) is 0 Å². The van der Waals surface area contributed by atoms with E-state index in [2.05, 4.69) is 25.3 Å². The van der Waals surface area contributed by atoms with Crippen LogP contribution >= 0.6 is 0 Å². The second-order valence-electron chi connectivity index (χ2n) is 8.02. The number of carbonyl (C=O) groups excluding carboxylic acids is 1. The molecule has 1 aromatic carbocycles. The Hall–Kier alpha value is -4.42. The van der Waals surface area contributed by atoms with Gasteiger partial charge in [0.05, 0.1) is 12.9 Å².